The second-order valence-electron chi connectivity index (χ2n) is 5.23. The van der Waals surface area contributed by atoms with E-state index in [1.54, 1.807) is 0 Å². The van der Waals surface area contributed by atoms with E-state index in [1.165, 1.54) is 18.2 Å². The van der Waals surface area contributed by atoms with Crippen molar-refractivity contribution < 1.29 is 36.9 Å². The Morgan fingerprint density at radius 2 is 1.80 bits per heavy atom. The van der Waals surface area contributed by atoms with Crippen LogP contribution in [0.5, 0.6) is 11.5 Å². The molecule has 0 aromatic heterocycles. The van der Waals surface area contributed by atoms with Crippen LogP contribution in [0.4, 0.5) is 17.6 Å². The molecule has 1 aliphatic heterocycles. The van der Waals surface area contributed by atoms with Crippen molar-refractivity contribution in [3.05, 3.63) is 71.2 Å². The number of carbonyl (C=O) groups is 1. The van der Waals surface area contributed by atoms with Gasteiger partial charge in [-0.15, -0.1) is 13.2 Å². The molecule has 8 heteroatoms. The highest BCUT2D eigenvalue weighted by molar-refractivity contribution is 5.90. The van der Waals surface area contributed by atoms with Crippen molar-refractivity contribution in [1.29, 1.82) is 0 Å². The van der Waals surface area contributed by atoms with Crippen molar-refractivity contribution in [2.45, 2.75) is 12.3 Å². The second-order valence-corrected chi connectivity index (χ2v) is 5.23. The van der Waals surface area contributed by atoms with Gasteiger partial charge in [-0.25, -0.2) is 9.18 Å². The van der Waals surface area contributed by atoms with Gasteiger partial charge in [0.05, 0.1) is 5.57 Å². The minimum Gasteiger partial charge on any atom is -0.478 e. The minimum absolute atomic E-state index is 0.174. The molecule has 0 aliphatic carbocycles. The molecule has 130 valence electrons. The normalized spacial score (nSPS) is 16.5. The smallest absolute Gasteiger partial charge is 0.478 e. The van der Waals surface area contributed by atoms with Gasteiger partial charge in [0, 0.05) is 11.5 Å². The SMILES string of the molecule is O=C(O)C1=COc2ccc(OC(F)(F)F)cc2C1c1ccc(F)cc1. The van der Waals surface area contributed by atoms with Gasteiger partial charge in [0.15, 0.2) is 0 Å². The summed E-state index contributed by atoms with van der Waals surface area (Å²) in [6.07, 6.45) is -3.87. The Hall–Kier alpha value is -3.03. The first-order valence-corrected chi connectivity index (χ1v) is 7.00. The maximum Gasteiger partial charge on any atom is 0.573 e. The first kappa shape index (κ1) is 16.8. The standard InChI is InChI=1S/C17H10F4O4/c18-10-3-1-9(2-4-10)15-12-7-11(25-17(19,20)21)5-6-14(12)24-8-13(15)16(22)23/h1-8,15H,(H,22,23). The number of rotatable bonds is 3. The molecule has 2 aromatic rings. The van der Waals surface area contributed by atoms with E-state index in [0.717, 1.165) is 30.5 Å². The molecule has 1 atom stereocenters. The van der Waals surface area contributed by atoms with Gasteiger partial charge in [0.25, 0.3) is 0 Å². The van der Waals surface area contributed by atoms with E-state index in [2.05, 4.69) is 4.74 Å². The summed E-state index contributed by atoms with van der Waals surface area (Å²) in [5.74, 6) is -3.07. The van der Waals surface area contributed by atoms with Crippen LogP contribution in [0.15, 0.2) is 54.3 Å². The number of hydrogen-bond acceptors (Lipinski definition) is 3. The zero-order valence-electron chi connectivity index (χ0n) is 12.4. The first-order chi connectivity index (χ1) is 11.7. The van der Waals surface area contributed by atoms with Gasteiger partial charge in [0.1, 0.15) is 23.6 Å². The molecule has 3 rings (SSSR count). The minimum atomic E-state index is -4.89. The van der Waals surface area contributed by atoms with Crippen LogP contribution in [0.25, 0.3) is 0 Å². The summed E-state index contributed by atoms with van der Waals surface area (Å²) in [5, 5.41) is 9.37. The fourth-order valence-corrected chi connectivity index (χ4v) is 2.61. The van der Waals surface area contributed by atoms with Gasteiger partial charge in [-0.2, -0.15) is 0 Å². The van der Waals surface area contributed by atoms with Gasteiger partial charge < -0.3 is 14.6 Å². The summed E-state index contributed by atoms with van der Waals surface area (Å²) in [6.45, 7) is 0. The second kappa shape index (κ2) is 6.12. The quantitative estimate of drug-likeness (QED) is 0.839. The fraction of sp³-hybridized carbons (Fsp3) is 0.118. The number of halogens is 4. The molecule has 1 N–H and O–H groups in total. The van der Waals surface area contributed by atoms with Crippen molar-refractivity contribution in [1.82, 2.24) is 0 Å². The first-order valence-electron chi connectivity index (χ1n) is 7.00. The summed E-state index contributed by atoms with van der Waals surface area (Å²) in [6, 6.07) is 8.38. The number of fused-ring (bicyclic) bond motifs is 1. The van der Waals surface area contributed by atoms with Crippen LogP contribution in [-0.4, -0.2) is 17.4 Å². The lowest BCUT2D eigenvalue weighted by Gasteiger charge is -2.26. The Morgan fingerprint density at radius 1 is 1.12 bits per heavy atom. The Labute approximate surface area is 138 Å². The van der Waals surface area contributed by atoms with Gasteiger partial charge in [-0.05, 0) is 35.9 Å². The molecule has 0 fully saturated rings. The van der Waals surface area contributed by atoms with Crippen LogP contribution >= 0.6 is 0 Å². The van der Waals surface area contributed by atoms with Crippen molar-refractivity contribution >= 4 is 5.97 Å². The van der Waals surface area contributed by atoms with E-state index in [1.807, 2.05) is 0 Å². The van der Waals surface area contributed by atoms with E-state index in [-0.39, 0.29) is 16.9 Å². The number of alkyl halides is 3. The third-order valence-corrected chi connectivity index (χ3v) is 3.60. The van der Waals surface area contributed by atoms with E-state index >= 15 is 0 Å². The average molecular weight is 354 g/mol. The highest BCUT2D eigenvalue weighted by Crippen LogP contribution is 2.43. The van der Waals surface area contributed by atoms with Crippen molar-refractivity contribution in [2.75, 3.05) is 0 Å². The van der Waals surface area contributed by atoms with E-state index in [0.29, 0.717) is 5.56 Å². The number of carboxylic acids is 1. The Bertz CT molecular complexity index is 841. The molecule has 1 aliphatic rings. The lowest BCUT2D eigenvalue weighted by molar-refractivity contribution is -0.274. The molecular weight excluding hydrogens is 344 g/mol. The molecule has 0 bridgehead atoms. The third-order valence-electron chi connectivity index (χ3n) is 3.60. The van der Waals surface area contributed by atoms with Gasteiger partial charge in [0.2, 0.25) is 0 Å². The predicted molar refractivity (Wildman–Crippen MR) is 77.7 cm³/mol. The van der Waals surface area contributed by atoms with E-state index < -0.39 is 29.8 Å². The van der Waals surface area contributed by atoms with Gasteiger partial charge >= 0.3 is 12.3 Å². The molecule has 25 heavy (non-hydrogen) atoms. The molecular formula is C17H10F4O4. The third kappa shape index (κ3) is 3.57. The van der Waals surface area contributed by atoms with Crippen LogP contribution < -0.4 is 9.47 Å². The number of ether oxygens (including phenoxy) is 2. The molecule has 2 aromatic carbocycles. The van der Waals surface area contributed by atoms with Crippen LogP contribution in [0.1, 0.15) is 17.0 Å². The number of aliphatic carboxylic acids is 1. The fourth-order valence-electron chi connectivity index (χ4n) is 2.61. The Balaban J connectivity index is 2.11. The summed E-state index contributed by atoms with van der Waals surface area (Å²) in [5.41, 5.74) is 0.375. The average Bonchev–Trinajstić information content (AvgIpc) is 2.53. The topological polar surface area (TPSA) is 55.8 Å². The number of hydrogen-bond donors (Lipinski definition) is 1. The van der Waals surface area contributed by atoms with Crippen molar-refractivity contribution in [3.63, 3.8) is 0 Å². The maximum atomic E-state index is 13.2. The monoisotopic (exact) mass is 354 g/mol. The molecule has 0 saturated heterocycles. The molecule has 1 unspecified atom stereocenters. The number of benzene rings is 2. The summed E-state index contributed by atoms with van der Waals surface area (Å²) >= 11 is 0. The largest absolute Gasteiger partial charge is 0.573 e. The summed E-state index contributed by atoms with van der Waals surface area (Å²) < 4.78 is 59.6. The van der Waals surface area contributed by atoms with Gasteiger partial charge in [-0.1, -0.05) is 12.1 Å². The van der Waals surface area contributed by atoms with Gasteiger partial charge in [-0.3, -0.25) is 0 Å². The zero-order valence-corrected chi connectivity index (χ0v) is 12.4. The highest BCUT2D eigenvalue weighted by Gasteiger charge is 2.34. The van der Waals surface area contributed by atoms with Crippen LogP contribution in [0.3, 0.4) is 0 Å². The predicted octanol–water partition coefficient (Wildman–Crippen LogP) is 4.22. The van der Waals surface area contributed by atoms with Crippen molar-refractivity contribution in [3.8, 4) is 11.5 Å². The molecule has 0 amide bonds. The van der Waals surface area contributed by atoms with Crippen molar-refractivity contribution in [2.24, 2.45) is 0 Å². The van der Waals surface area contributed by atoms with E-state index in [4.69, 9.17) is 4.74 Å². The molecule has 4 nitrogen and oxygen atoms in total. The lowest BCUT2D eigenvalue weighted by atomic mass is 9.83. The summed E-state index contributed by atoms with van der Waals surface area (Å²) in [4.78, 5) is 11.5. The number of carboxylic acid groups (broad SMARTS) is 1. The van der Waals surface area contributed by atoms with Crippen LogP contribution in [0.2, 0.25) is 0 Å². The van der Waals surface area contributed by atoms with Crippen LogP contribution in [-0.2, 0) is 4.79 Å². The lowest BCUT2D eigenvalue weighted by Crippen LogP contribution is -2.20. The zero-order chi connectivity index (χ0) is 18.2. The molecule has 0 spiro atoms. The molecule has 0 radical (unpaired) electrons. The highest BCUT2D eigenvalue weighted by atomic mass is 19.4. The van der Waals surface area contributed by atoms with Crippen LogP contribution in [0, 0.1) is 5.82 Å². The maximum absolute atomic E-state index is 13.2. The molecule has 0 saturated carbocycles. The summed E-state index contributed by atoms with van der Waals surface area (Å²) in [7, 11) is 0. The Kier molecular flexibility index (Phi) is 4.12. The van der Waals surface area contributed by atoms with E-state index in [9.17, 15) is 27.5 Å². The Morgan fingerprint density at radius 3 is 2.40 bits per heavy atom. The molecule has 1 heterocycles.